The molecular formula is C13H14N4O3S. The molecule has 7 nitrogen and oxygen atoms in total. The molecule has 110 valence electrons. The highest BCUT2D eigenvalue weighted by Crippen LogP contribution is 2.26. The van der Waals surface area contributed by atoms with Crippen LogP contribution in [0.5, 0.6) is 5.75 Å². The second-order valence-corrected chi connectivity index (χ2v) is 5.17. The van der Waals surface area contributed by atoms with Crippen LogP contribution in [-0.4, -0.2) is 29.0 Å². The molecule has 0 aliphatic heterocycles. The lowest BCUT2D eigenvalue weighted by molar-refractivity contribution is 0.102. The highest BCUT2D eigenvalue weighted by molar-refractivity contribution is 7.09. The second kappa shape index (κ2) is 6.23. The molecule has 1 aromatic heterocycles. The third kappa shape index (κ3) is 3.29. The molecule has 8 heteroatoms. The van der Waals surface area contributed by atoms with E-state index >= 15 is 0 Å². The van der Waals surface area contributed by atoms with Gasteiger partial charge >= 0.3 is 0 Å². The first-order chi connectivity index (χ1) is 10.0. The summed E-state index contributed by atoms with van der Waals surface area (Å²) >= 11 is 1.40. The first-order valence-electron chi connectivity index (χ1n) is 5.94. The minimum absolute atomic E-state index is 0.0405. The van der Waals surface area contributed by atoms with E-state index in [-0.39, 0.29) is 11.7 Å². The van der Waals surface area contributed by atoms with Gasteiger partial charge in [-0.3, -0.25) is 4.79 Å². The first kappa shape index (κ1) is 14.8. The van der Waals surface area contributed by atoms with Crippen molar-refractivity contribution in [2.24, 2.45) is 10.9 Å². The Labute approximate surface area is 125 Å². The van der Waals surface area contributed by atoms with Gasteiger partial charge in [-0.2, -0.15) is 0 Å². The number of nitrogens with one attached hydrogen (secondary N) is 1. The van der Waals surface area contributed by atoms with Gasteiger partial charge in [-0.05, 0) is 25.1 Å². The third-order valence-corrected chi connectivity index (χ3v) is 3.48. The summed E-state index contributed by atoms with van der Waals surface area (Å²) in [5.74, 6) is 0.0369. The number of anilines is 1. The monoisotopic (exact) mass is 306 g/mol. The standard InChI is InChI=1S/C13H14N4O3S/c1-7-15-10(6-21-7)13(18)16-9-4-3-8(12(14)17-19)5-11(9)20-2/h3-6,19H,1-2H3,(H2,14,17)(H,16,18). The van der Waals surface area contributed by atoms with E-state index in [2.05, 4.69) is 15.5 Å². The number of aryl methyl sites for hydroxylation is 1. The Bertz CT molecular complexity index is 696. The molecule has 0 atom stereocenters. The number of thiazole rings is 1. The van der Waals surface area contributed by atoms with E-state index < -0.39 is 0 Å². The van der Waals surface area contributed by atoms with E-state index in [0.29, 0.717) is 22.7 Å². The lowest BCUT2D eigenvalue weighted by Crippen LogP contribution is -2.15. The van der Waals surface area contributed by atoms with Crippen LogP contribution in [-0.2, 0) is 0 Å². The average molecular weight is 306 g/mol. The highest BCUT2D eigenvalue weighted by atomic mass is 32.1. The predicted molar refractivity (Wildman–Crippen MR) is 80.3 cm³/mol. The topological polar surface area (TPSA) is 110 Å². The number of amides is 1. The normalized spacial score (nSPS) is 11.2. The summed E-state index contributed by atoms with van der Waals surface area (Å²) in [7, 11) is 1.47. The van der Waals surface area contributed by atoms with Gasteiger partial charge in [-0.15, -0.1) is 11.3 Å². The van der Waals surface area contributed by atoms with Crippen LogP contribution in [0.1, 0.15) is 21.1 Å². The number of aromatic nitrogens is 1. The van der Waals surface area contributed by atoms with Crippen molar-refractivity contribution in [3.05, 3.63) is 39.8 Å². The van der Waals surface area contributed by atoms with Crippen LogP contribution in [0.2, 0.25) is 0 Å². The fraction of sp³-hybridized carbons (Fsp3) is 0.154. The molecule has 1 aromatic carbocycles. The molecule has 2 rings (SSSR count). The maximum Gasteiger partial charge on any atom is 0.275 e. The highest BCUT2D eigenvalue weighted by Gasteiger charge is 2.13. The number of oxime groups is 1. The summed E-state index contributed by atoms with van der Waals surface area (Å²) < 4.78 is 5.20. The summed E-state index contributed by atoms with van der Waals surface area (Å²) in [4.78, 5) is 16.2. The van der Waals surface area contributed by atoms with Crippen LogP contribution in [0.25, 0.3) is 0 Å². The second-order valence-electron chi connectivity index (χ2n) is 4.11. The van der Waals surface area contributed by atoms with Gasteiger partial charge in [0.1, 0.15) is 11.4 Å². The van der Waals surface area contributed by atoms with Gasteiger partial charge < -0.3 is 21.0 Å². The van der Waals surface area contributed by atoms with Gasteiger partial charge in [-0.25, -0.2) is 4.98 Å². The van der Waals surface area contributed by atoms with Gasteiger partial charge in [0.2, 0.25) is 0 Å². The molecule has 0 radical (unpaired) electrons. The first-order valence-corrected chi connectivity index (χ1v) is 6.82. The Morgan fingerprint density at radius 3 is 2.86 bits per heavy atom. The number of hydrogen-bond donors (Lipinski definition) is 3. The van der Waals surface area contributed by atoms with E-state index in [4.69, 9.17) is 15.7 Å². The number of nitrogens with zero attached hydrogens (tertiary/aromatic N) is 2. The van der Waals surface area contributed by atoms with Crippen LogP contribution in [0.4, 0.5) is 5.69 Å². The zero-order valence-corrected chi connectivity index (χ0v) is 12.3. The largest absolute Gasteiger partial charge is 0.495 e. The summed E-state index contributed by atoms with van der Waals surface area (Å²) in [5.41, 5.74) is 6.82. The predicted octanol–water partition coefficient (Wildman–Crippen LogP) is 1.81. The third-order valence-electron chi connectivity index (χ3n) is 2.70. The quantitative estimate of drug-likeness (QED) is 0.345. The zero-order chi connectivity index (χ0) is 15.4. The van der Waals surface area contributed by atoms with Crippen LogP contribution in [0.3, 0.4) is 0 Å². The van der Waals surface area contributed by atoms with E-state index in [9.17, 15) is 4.79 Å². The average Bonchev–Trinajstić information content (AvgIpc) is 2.93. The van der Waals surface area contributed by atoms with Crippen LogP contribution in [0.15, 0.2) is 28.7 Å². The maximum atomic E-state index is 12.1. The van der Waals surface area contributed by atoms with Crippen LogP contribution >= 0.6 is 11.3 Å². The maximum absolute atomic E-state index is 12.1. The van der Waals surface area contributed by atoms with Gasteiger partial charge in [0.05, 0.1) is 17.8 Å². The molecule has 0 aliphatic carbocycles. The Morgan fingerprint density at radius 2 is 2.29 bits per heavy atom. The number of ether oxygens (including phenoxy) is 1. The minimum atomic E-state index is -0.325. The number of carbonyl (C=O) groups excluding carboxylic acids is 1. The molecule has 1 heterocycles. The molecule has 4 N–H and O–H groups in total. The molecular weight excluding hydrogens is 292 g/mol. The Morgan fingerprint density at radius 1 is 1.52 bits per heavy atom. The van der Waals surface area contributed by atoms with Crippen molar-refractivity contribution in [2.75, 3.05) is 12.4 Å². The fourth-order valence-corrected chi connectivity index (χ4v) is 2.26. The van der Waals surface area contributed by atoms with E-state index in [1.165, 1.54) is 18.4 Å². The SMILES string of the molecule is COc1cc(/C(N)=N/O)ccc1NC(=O)c1csc(C)n1. The van der Waals surface area contributed by atoms with Crippen molar-refractivity contribution in [1.82, 2.24) is 4.98 Å². The van der Waals surface area contributed by atoms with Crippen molar-refractivity contribution < 1.29 is 14.7 Å². The van der Waals surface area contributed by atoms with Crippen molar-refractivity contribution >= 4 is 28.8 Å². The number of rotatable bonds is 4. The summed E-state index contributed by atoms with van der Waals surface area (Å²) in [6.07, 6.45) is 0. The van der Waals surface area contributed by atoms with Crippen molar-refractivity contribution in [2.45, 2.75) is 6.92 Å². The Kier molecular flexibility index (Phi) is 4.39. The fourth-order valence-electron chi connectivity index (χ4n) is 1.67. The number of carbonyl (C=O) groups is 1. The summed E-state index contributed by atoms with van der Waals surface area (Å²) in [6, 6.07) is 4.79. The molecule has 0 saturated carbocycles. The molecule has 21 heavy (non-hydrogen) atoms. The van der Waals surface area contributed by atoms with Gasteiger partial charge in [-0.1, -0.05) is 5.16 Å². The van der Waals surface area contributed by atoms with Crippen LogP contribution < -0.4 is 15.8 Å². The van der Waals surface area contributed by atoms with E-state index in [1.807, 2.05) is 6.92 Å². The number of amidine groups is 1. The number of methoxy groups -OCH3 is 1. The van der Waals surface area contributed by atoms with E-state index in [1.54, 1.807) is 23.6 Å². The molecule has 1 amide bonds. The number of hydrogen-bond acceptors (Lipinski definition) is 6. The molecule has 0 saturated heterocycles. The summed E-state index contributed by atoms with van der Waals surface area (Å²) in [5, 5.41) is 16.8. The molecule has 0 unspecified atom stereocenters. The van der Waals surface area contributed by atoms with Gasteiger partial charge in [0.15, 0.2) is 5.84 Å². The molecule has 0 fully saturated rings. The molecule has 0 aliphatic rings. The van der Waals surface area contributed by atoms with E-state index in [0.717, 1.165) is 5.01 Å². The molecule has 2 aromatic rings. The zero-order valence-electron chi connectivity index (χ0n) is 11.5. The lowest BCUT2D eigenvalue weighted by atomic mass is 10.1. The smallest absolute Gasteiger partial charge is 0.275 e. The van der Waals surface area contributed by atoms with Gasteiger partial charge in [0.25, 0.3) is 5.91 Å². The Hall–Kier alpha value is -2.61. The Balaban J connectivity index is 2.26. The van der Waals surface area contributed by atoms with Crippen molar-refractivity contribution in [3.63, 3.8) is 0 Å². The molecule has 0 bridgehead atoms. The summed E-state index contributed by atoms with van der Waals surface area (Å²) in [6.45, 7) is 1.83. The number of nitrogens with two attached hydrogens (primary N) is 1. The van der Waals surface area contributed by atoms with Crippen molar-refractivity contribution in [3.8, 4) is 5.75 Å². The minimum Gasteiger partial charge on any atom is -0.495 e. The van der Waals surface area contributed by atoms with Crippen LogP contribution in [0, 0.1) is 6.92 Å². The lowest BCUT2D eigenvalue weighted by Gasteiger charge is -2.10. The van der Waals surface area contributed by atoms with Gasteiger partial charge in [0, 0.05) is 10.9 Å². The van der Waals surface area contributed by atoms with Crippen molar-refractivity contribution in [1.29, 1.82) is 0 Å². The molecule has 0 spiro atoms. The number of benzene rings is 1.